The van der Waals surface area contributed by atoms with E-state index < -0.39 is 0 Å². The molecule has 2 heterocycles. The second kappa shape index (κ2) is 7.50. The van der Waals surface area contributed by atoms with Crippen LogP contribution in [-0.2, 0) is 6.42 Å². The molecule has 0 unspecified atom stereocenters. The molecule has 7 heteroatoms. The van der Waals surface area contributed by atoms with E-state index >= 15 is 0 Å². The van der Waals surface area contributed by atoms with Crippen LogP contribution in [0.2, 0.25) is 0 Å². The number of nitrogens with one attached hydrogen (secondary N) is 1. The third-order valence-corrected chi connectivity index (χ3v) is 5.02. The number of rotatable bonds is 7. The second-order valence-corrected chi connectivity index (χ2v) is 7.01. The van der Waals surface area contributed by atoms with Crippen molar-refractivity contribution in [2.24, 2.45) is 0 Å². The Labute approximate surface area is 163 Å². The molecular weight excluding hydrogens is 358 g/mol. The number of hydrogen-bond donors (Lipinski definition) is 1. The van der Waals surface area contributed by atoms with E-state index in [9.17, 15) is 4.79 Å². The largest absolute Gasteiger partial charge is 0.493 e. The zero-order valence-corrected chi connectivity index (χ0v) is 16.2. The van der Waals surface area contributed by atoms with Crippen molar-refractivity contribution in [1.29, 1.82) is 0 Å². The molecular formula is C21H23N3O4. The summed E-state index contributed by atoms with van der Waals surface area (Å²) < 4.78 is 15.9. The number of fused-ring (bicyclic) bond motifs is 1. The number of carbonyl (C=O) groups excluding carboxylic acids is 1. The molecule has 0 aliphatic heterocycles. The third-order valence-electron chi connectivity index (χ3n) is 5.02. The summed E-state index contributed by atoms with van der Waals surface area (Å²) in [6, 6.07) is 7.64. The fourth-order valence-corrected chi connectivity index (χ4v) is 3.33. The number of carbonyl (C=O) groups is 1. The van der Waals surface area contributed by atoms with Crippen LogP contribution in [0.3, 0.4) is 0 Å². The maximum absolute atomic E-state index is 12.9. The van der Waals surface area contributed by atoms with Gasteiger partial charge in [0.15, 0.2) is 11.5 Å². The summed E-state index contributed by atoms with van der Waals surface area (Å²) >= 11 is 0. The molecule has 1 aliphatic carbocycles. The highest BCUT2D eigenvalue weighted by molar-refractivity contribution is 6.06. The highest BCUT2D eigenvalue weighted by atomic mass is 16.5. The molecule has 2 aromatic heterocycles. The highest BCUT2D eigenvalue weighted by Crippen LogP contribution is 2.40. The molecule has 0 atom stereocenters. The molecule has 0 spiro atoms. The lowest BCUT2D eigenvalue weighted by Gasteiger charge is -2.11. The first kappa shape index (κ1) is 18.3. The van der Waals surface area contributed by atoms with Crippen LogP contribution in [0.1, 0.15) is 46.1 Å². The predicted octanol–water partition coefficient (Wildman–Crippen LogP) is 3.40. The lowest BCUT2D eigenvalue weighted by Crippen LogP contribution is -2.26. The SMILES string of the molecule is COc1ccc(CCNC(=O)c2cc(C3CC3)nc3onc(C)c23)cc1OC. The zero-order chi connectivity index (χ0) is 19.7. The van der Waals surface area contributed by atoms with E-state index in [-0.39, 0.29) is 5.91 Å². The Morgan fingerprint density at radius 1 is 1.21 bits per heavy atom. The van der Waals surface area contributed by atoms with Crippen molar-refractivity contribution in [3.63, 3.8) is 0 Å². The number of nitrogens with zero attached hydrogens (tertiary/aromatic N) is 2. The number of benzene rings is 1. The molecule has 0 bridgehead atoms. The number of aromatic nitrogens is 2. The van der Waals surface area contributed by atoms with E-state index in [4.69, 9.17) is 14.0 Å². The molecule has 1 fully saturated rings. The predicted molar refractivity (Wildman–Crippen MR) is 104 cm³/mol. The maximum atomic E-state index is 12.9. The summed E-state index contributed by atoms with van der Waals surface area (Å²) in [7, 11) is 3.21. The number of aryl methyl sites for hydroxylation is 1. The van der Waals surface area contributed by atoms with E-state index in [0.717, 1.165) is 24.1 Å². The Morgan fingerprint density at radius 2 is 2.00 bits per heavy atom. The van der Waals surface area contributed by atoms with Crippen molar-refractivity contribution < 1.29 is 18.8 Å². The summed E-state index contributed by atoms with van der Waals surface area (Å²) in [6.45, 7) is 2.33. The Hall–Kier alpha value is -3.09. The van der Waals surface area contributed by atoms with E-state index in [1.807, 2.05) is 31.2 Å². The van der Waals surface area contributed by atoms with Gasteiger partial charge in [0.05, 0.1) is 30.9 Å². The van der Waals surface area contributed by atoms with Crippen LogP contribution in [0.4, 0.5) is 0 Å². The van der Waals surface area contributed by atoms with Crippen LogP contribution in [0.15, 0.2) is 28.8 Å². The van der Waals surface area contributed by atoms with Crippen LogP contribution in [0.5, 0.6) is 11.5 Å². The number of methoxy groups -OCH3 is 2. The molecule has 1 aliphatic rings. The smallest absolute Gasteiger partial charge is 0.259 e. The molecule has 1 amide bonds. The van der Waals surface area contributed by atoms with Gasteiger partial charge in [0.1, 0.15) is 0 Å². The molecule has 1 N–H and O–H groups in total. The Balaban J connectivity index is 1.49. The normalized spacial score (nSPS) is 13.5. The first-order valence-electron chi connectivity index (χ1n) is 9.36. The van der Waals surface area contributed by atoms with Gasteiger partial charge in [-0.05, 0) is 49.9 Å². The van der Waals surface area contributed by atoms with E-state index in [1.54, 1.807) is 14.2 Å². The van der Waals surface area contributed by atoms with Gasteiger partial charge in [-0.25, -0.2) is 4.98 Å². The van der Waals surface area contributed by atoms with Crippen LogP contribution < -0.4 is 14.8 Å². The summed E-state index contributed by atoms with van der Waals surface area (Å²) in [5, 5.41) is 7.67. The maximum Gasteiger partial charge on any atom is 0.259 e. The summed E-state index contributed by atoms with van der Waals surface area (Å²) in [5.74, 6) is 1.65. The third kappa shape index (κ3) is 3.52. The quantitative estimate of drug-likeness (QED) is 0.675. The van der Waals surface area contributed by atoms with Crippen molar-refractivity contribution in [2.45, 2.75) is 32.1 Å². The van der Waals surface area contributed by atoms with Gasteiger partial charge in [0.25, 0.3) is 11.6 Å². The average molecular weight is 381 g/mol. The molecule has 4 rings (SSSR count). The first-order chi connectivity index (χ1) is 13.6. The van der Waals surface area contributed by atoms with Gasteiger partial charge in [-0.3, -0.25) is 4.79 Å². The highest BCUT2D eigenvalue weighted by Gasteiger charge is 2.28. The van der Waals surface area contributed by atoms with Crippen LogP contribution in [0, 0.1) is 6.92 Å². The fourth-order valence-electron chi connectivity index (χ4n) is 3.33. The van der Waals surface area contributed by atoms with Crippen molar-refractivity contribution in [3.8, 4) is 11.5 Å². The summed E-state index contributed by atoms with van der Waals surface area (Å²) in [6.07, 6.45) is 2.89. The van der Waals surface area contributed by atoms with Crippen LogP contribution in [-0.4, -0.2) is 36.8 Å². The van der Waals surface area contributed by atoms with Gasteiger partial charge < -0.3 is 19.3 Å². The minimum atomic E-state index is -0.138. The molecule has 28 heavy (non-hydrogen) atoms. The molecule has 146 valence electrons. The second-order valence-electron chi connectivity index (χ2n) is 7.01. The molecule has 7 nitrogen and oxygen atoms in total. The van der Waals surface area contributed by atoms with E-state index in [0.29, 0.717) is 52.7 Å². The summed E-state index contributed by atoms with van der Waals surface area (Å²) in [4.78, 5) is 17.4. The lowest BCUT2D eigenvalue weighted by molar-refractivity contribution is 0.0955. The average Bonchev–Trinajstić information content (AvgIpc) is 3.50. The minimum Gasteiger partial charge on any atom is -0.493 e. The van der Waals surface area contributed by atoms with Gasteiger partial charge in [-0.2, -0.15) is 0 Å². The Bertz CT molecular complexity index is 1020. The van der Waals surface area contributed by atoms with Crippen molar-refractivity contribution in [2.75, 3.05) is 20.8 Å². The van der Waals surface area contributed by atoms with Crippen LogP contribution in [0.25, 0.3) is 11.1 Å². The van der Waals surface area contributed by atoms with Crippen molar-refractivity contribution in [1.82, 2.24) is 15.5 Å². The van der Waals surface area contributed by atoms with Crippen molar-refractivity contribution in [3.05, 3.63) is 46.8 Å². The van der Waals surface area contributed by atoms with Gasteiger partial charge in [-0.15, -0.1) is 0 Å². The molecule has 0 radical (unpaired) electrons. The topological polar surface area (TPSA) is 86.5 Å². The first-order valence-corrected chi connectivity index (χ1v) is 9.36. The Morgan fingerprint density at radius 3 is 2.71 bits per heavy atom. The molecule has 1 saturated carbocycles. The van der Waals surface area contributed by atoms with E-state index in [2.05, 4.69) is 15.5 Å². The van der Waals surface area contributed by atoms with Crippen molar-refractivity contribution >= 4 is 17.0 Å². The summed E-state index contributed by atoms with van der Waals surface area (Å²) in [5.41, 5.74) is 3.66. The molecule has 3 aromatic rings. The van der Waals surface area contributed by atoms with Gasteiger partial charge >= 0.3 is 0 Å². The standard InChI is InChI=1S/C21H23N3O4/c1-12-19-15(11-16(14-5-6-14)23-21(19)28-24-12)20(25)22-9-8-13-4-7-17(26-2)18(10-13)27-3/h4,7,10-11,14H,5-6,8-9H2,1-3H3,(H,22,25). The minimum absolute atomic E-state index is 0.138. The van der Waals surface area contributed by atoms with Gasteiger partial charge in [0, 0.05) is 18.2 Å². The number of ether oxygens (including phenoxy) is 2. The van der Waals surface area contributed by atoms with Gasteiger partial charge in [0.2, 0.25) is 0 Å². The zero-order valence-electron chi connectivity index (χ0n) is 16.2. The Kier molecular flexibility index (Phi) is 4.90. The van der Waals surface area contributed by atoms with Crippen LogP contribution >= 0.6 is 0 Å². The lowest BCUT2D eigenvalue weighted by atomic mass is 10.1. The number of pyridine rings is 1. The van der Waals surface area contributed by atoms with E-state index in [1.165, 1.54) is 0 Å². The molecule has 1 aromatic carbocycles. The fraction of sp³-hybridized carbons (Fsp3) is 0.381. The number of hydrogen-bond acceptors (Lipinski definition) is 6. The number of amides is 1. The van der Waals surface area contributed by atoms with Gasteiger partial charge in [-0.1, -0.05) is 11.2 Å². The molecule has 0 saturated heterocycles. The monoisotopic (exact) mass is 381 g/mol.